The number of nitrogens with zero attached hydrogens (tertiary/aromatic N) is 2. The minimum absolute atomic E-state index is 0.665. The van der Waals surface area contributed by atoms with Crippen molar-refractivity contribution < 1.29 is 4.42 Å². The number of rotatable bonds is 5. The summed E-state index contributed by atoms with van der Waals surface area (Å²) in [6.45, 7) is 0. The number of hydrogen-bond donors (Lipinski definition) is 0. The van der Waals surface area contributed by atoms with Crippen molar-refractivity contribution in [2.45, 2.75) is 0 Å². The first-order chi connectivity index (χ1) is 22.8. The Kier molecular flexibility index (Phi) is 6.14. The fourth-order valence-electron chi connectivity index (χ4n) is 6.77. The Bertz CT molecular complexity index is 2540. The first kappa shape index (κ1) is 26.2. The van der Waals surface area contributed by atoms with E-state index in [0.29, 0.717) is 5.71 Å². The third-order valence-corrected chi connectivity index (χ3v) is 8.91. The first-order valence-electron chi connectivity index (χ1n) is 15.5. The predicted octanol–water partition coefficient (Wildman–Crippen LogP) is 12.1. The van der Waals surface area contributed by atoms with Crippen molar-refractivity contribution in [1.29, 1.82) is 0 Å². The summed E-state index contributed by atoms with van der Waals surface area (Å²) in [5.74, 6) is 0. The number of fused-ring (bicyclic) bond motifs is 6. The van der Waals surface area contributed by atoms with Crippen LogP contribution in [-0.2, 0) is 0 Å². The zero-order valence-electron chi connectivity index (χ0n) is 25.0. The monoisotopic (exact) mass is 588 g/mol. The van der Waals surface area contributed by atoms with Crippen LogP contribution in [0.5, 0.6) is 0 Å². The lowest BCUT2D eigenvalue weighted by Gasteiger charge is -2.28. The van der Waals surface area contributed by atoms with Gasteiger partial charge in [-0.2, -0.15) is 0 Å². The zero-order chi connectivity index (χ0) is 30.5. The first-order valence-corrected chi connectivity index (χ1v) is 15.5. The van der Waals surface area contributed by atoms with E-state index in [9.17, 15) is 0 Å². The molecule has 0 fully saturated rings. The Morgan fingerprint density at radius 2 is 1.15 bits per heavy atom. The lowest BCUT2D eigenvalue weighted by Crippen LogP contribution is -2.11. The molecule has 0 saturated carbocycles. The molecular weight excluding hydrogens is 560 g/mol. The van der Waals surface area contributed by atoms with Gasteiger partial charge in [0.05, 0.1) is 5.69 Å². The van der Waals surface area contributed by atoms with Crippen LogP contribution in [0.15, 0.2) is 174 Å². The molecule has 0 unspecified atom stereocenters. The Morgan fingerprint density at radius 3 is 2.11 bits per heavy atom. The quantitative estimate of drug-likeness (QED) is 0.200. The van der Waals surface area contributed by atoms with Crippen LogP contribution in [0.4, 0.5) is 17.1 Å². The minimum Gasteiger partial charge on any atom is -0.437 e. The molecule has 7 aromatic carbocycles. The average Bonchev–Trinajstić information content (AvgIpc) is 3.51. The molecule has 3 nitrogen and oxygen atoms in total. The molecule has 0 bridgehead atoms. The number of benzene rings is 7. The number of para-hydroxylation sites is 1. The summed E-state index contributed by atoms with van der Waals surface area (Å²) in [6, 6.07) is 58.3. The van der Waals surface area contributed by atoms with Gasteiger partial charge >= 0.3 is 0 Å². The summed E-state index contributed by atoms with van der Waals surface area (Å²) in [5.41, 5.74) is 9.52. The number of hydrogen-bond acceptors (Lipinski definition) is 3. The molecule has 0 N–H and O–H groups in total. The molecule has 0 atom stereocenters. The van der Waals surface area contributed by atoms with E-state index in [1.54, 1.807) is 6.20 Å². The maximum Gasteiger partial charge on any atom is 0.227 e. The second kappa shape index (κ2) is 10.8. The average molecular weight is 589 g/mol. The lowest BCUT2D eigenvalue weighted by atomic mass is 9.97. The van der Waals surface area contributed by atoms with E-state index in [2.05, 4.69) is 168 Å². The summed E-state index contributed by atoms with van der Waals surface area (Å²) >= 11 is 0. The van der Waals surface area contributed by atoms with Crippen molar-refractivity contribution in [3.63, 3.8) is 0 Å². The van der Waals surface area contributed by atoms with E-state index < -0.39 is 0 Å². The van der Waals surface area contributed by atoms with E-state index in [1.807, 2.05) is 6.07 Å². The molecule has 0 aliphatic rings. The van der Waals surface area contributed by atoms with Crippen LogP contribution in [0.3, 0.4) is 0 Å². The maximum atomic E-state index is 6.29. The van der Waals surface area contributed by atoms with Crippen LogP contribution >= 0.6 is 0 Å². The molecule has 0 amide bonds. The van der Waals surface area contributed by atoms with Crippen LogP contribution in [0.25, 0.3) is 65.9 Å². The number of aromatic nitrogens is 1. The van der Waals surface area contributed by atoms with Gasteiger partial charge in [0.15, 0.2) is 0 Å². The van der Waals surface area contributed by atoms with Gasteiger partial charge in [-0.05, 0) is 87.4 Å². The lowest BCUT2D eigenvalue weighted by molar-refractivity contribution is 0.657. The van der Waals surface area contributed by atoms with Crippen LogP contribution in [-0.4, -0.2) is 4.98 Å². The summed E-state index contributed by atoms with van der Waals surface area (Å²) in [5, 5.41) is 6.77. The third kappa shape index (κ3) is 4.33. The molecule has 0 aliphatic carbocycles. The molecule has 46 heavy (non-hydrogen) atoms. The fourth-order valence-corrected chi connectivity index (χ4v) is 6.77. The van der Waals surface area contributed by atoms with Crippen molar-refractivity contribution in [1.82, 2.24) is 4.98 Å². The Labute approximate surface area is 266 Å². The smallest absolute Gasteiger partial charge is 0.227 e. The van der Waals surface area contributed by atoms with E-state index in [-0.39, 0.29) is 0 Å². The largest absolute Gasteiger partial charge is 0.437 e. The molecule has 9 rings (SSSR count). The number of anilines is 3. The molecule has 3 heteroatoms. The van der Waals surface area contributed by atoms with E-state index in [1.165, 1.54) is 27.5 Å². The highest BCUT2D eigenvalue weighted by Gasteiger charge is 2.19. The molecule has 0 aliphatic heterocycles. The fraction of sp³-hybridized carbons (Fsp3) is 0. The van der Waals surface area contributed by atoms with E-state index in [4.69, 9.17) is 4.42 Å². The molecule has 0 saturated heterocycles. The molecule has 2 heterocycles. The Morgan fingerprint density at radius 1 is 0.435 bits per heavy atom. The normalized spacial score (nSPS) is 11.5. The second-order valence-electron chi connectivity index (χ2n) is 11.6. The van der Waals surface area contributed by atoms with Crippen molar-refractivity contribution in [3.05, 3.63) is 170 Å². The van der Waals surface area contributed by atoms with Crippen molar-refractivity contribution >= 4 is 60.7 Å². The highest BCUT2D eigenvalue weighted by Crippen LogP contribution is 2.44. The SMILES string of the molecule is c1ccc(-c2ccccc2N(c2cccc(-c3cccc4ccccc34)c2)c2ccc3c(ccc4c5cccnc5oc34)c2)cc1. The molecule has 0 radical (unpaired) electrons. The van der Waals surface area contributed by atoms with Crippen LogP contribution in [0.1, 0.15) is 0 Å². The highest BCUT2D eigenvalue weighted by molar-refractivity contribution is 6.15. The molecule has 216 valence electrons. The molecule has 0 spiro atoms. The maximum absolute atomic E-state index is 6.29. The topological polar surface area (TPSA) is 29.3 Å². The summed E-state index contributed by atoms with van der Waals surface area (Å²) in [7, 11) is 0. The van der Waals surface area contributed by atoms with E-state index in [0.717, 1.165) is 49.8 Å². The Balaban J connectivity index is 1.27. The summed E-state index contributed by atoms with van der Waals surface area (Å²) in [6.07, 6.45) is 1.78. The van der Waals surface area contributed by atoms with Crippen molar-refractivity contribution in [2.24, 2.45) is 0 Å². The number of pyridine rings is 1. The zero-order valence-corrected chi connectivity index (χ0v) is 25.0. The van der Waals surface area contributed by atoms with Gasteiger partial charge in [-0.1, -0.05) is 109 Å². The van der Waals surface area contributed by atoms with Gasteiger partial charge in [-0.25, -0.2) is 4.98 Å². The van der Waals surface area contributed by atoms with Gasteiger partial charge < -0.3 is 9.32 Å². The summed E-state index contributed by atoms with van der Waals surface area (Å²) < 4.78 is 6.29. The molecular formula is C43H28N2O. The van der Waals surface area contributed by atoms with Gasteiger partial charge in [-0.3, -0.25) is 0 Å². The van der Waals surface area contributed by atoms with Crippen LogP contribution in [0, 0.1) is 0 Å². The minimum atomic E-state index is 0.665. The Hall–Kier alpha value is -6.19. The molecule has 9 aromatic rings. The van der Waals surface area contributed by atoms with Gasteiger partial charge in [0.25, 0.3) is 0 Å². The molecule has 2 aromatic heterocycles. The second-order valence-corrected chi connectivity index (χ2v) is 11.6. The number of furan rings is 1. The summed E-state index contributed by atoms with van der Waals surface area (Å²) in [4.78, 5) is 6.84. The van der Waals surface area contributed by atoms with Crippen molar-refractivity contribution in [2.75, 3.05) is 4.90 Å². The van der Waals surface area contributed by atoms with E-state index >= 15 is 0 Å². The van der Waals surface area contributed by atoms with Crippen LogP contribution < -0.4 is 4.90 Å². The van der Waals surface area contributed by atoms with Crippen molar-refractivity contribution in [3.8, 4) is 22.3 Å². The highest BCUT2D eigenvalue weighted by atomic mass is 16.3. The van der Waals surface area contributed by atoms with Gasteiger partial charge in [0, 0.05) is 39.3 Å². The third-order valence-electron chi connectivity index (χ3n) is 8.91. The van der Waals surface area contributed by atoms with Crippen LogP contribution in [0.2, 0.25) is 0 Å². The van der Waals surface area contributed by atoms with Gasteiger partial charge in [0.2, 0.25) is 5.71 Å². The predicted molar refractivity (Wildman–Crippen MR) is 192 cm³/mol. The standard InChI is InChI=1S/C43H28N2O/c1-2-11-30(12-3-1)37-18-6-7-21-41(37)45(33-16-8-15-31(27-33)36-19-9-14-29-13-4-5-17-35(29)36)34-23-25-38-32(28-34)22-24-39-40-20-10-26-44-43(40)46-42(38)39/h1-28H. The van der Waals surface area contributed by atoms with Gasteiger partial charge in [0.1, 0.15) is 5.58 Å². The van der Waals surface area contributed by atoms with Gasteiger partial charge in [-0.15, -0.1) is 0 Å².